The maximum absolute atomic E-state index is 12.9. The number of urea groups is 1. The first-order valence-electron chi connectivity index (χ1n) is 7.60. The molecule has 0 N–H and O–H groups in total. The fourth-order valence-electron chi connectivity index (χ4n) is 4.17. The average molecular weight is 335 g/mol. The monoisotopic (exact) mass is 335 g/mol. The van der Waals surface area contributed by atoms with Gasteiger partial charge in [0.05, 0.1) is 22.9 Å². The van der Waals surface area contributed by atoms with Gasteiger partial charge in [-0.05, 0) is 43.4 Å². The molecular weight excluding hydrogens is 323 g/mol. The number of alkyl halides is 3. The molecular formula is C16H12F3N3O2. The molecule has 24 heavy (non-hydrogen) atoms. The number of benzene rings is 1. The molecule has 4 rings (SSSR count). The van der Waals surface area contributed by atoms with Crippen molar-refractivity contribution in [2.75, 3.05) is 4.90 Å². The van der Waals surface area contributed by atoms with Crippen LogP contribution in [-0.2, 0) is 11.0 Å². The van der Waals surface area contributed by atoms with Crippen LogP contribution >= 0.6 is 0 Å². The topological polar surface area (TPSA) is 64.4 Å². The van der Waals surface area contributed by atoms with E-state index in [2.05, 4.69) is 0 Å². The van der Waals surface area contributed by atoms with Crippen molar-refractivity contribution in [3.8, 4) is 6.07 Å². The number of hydrogen-bond donors (Lipinski definition) is 0. The molecule has 1 aromatic carbocycles. The lowest BCUT2D eigenvalue weighted by atomic mass is 9.99. The maximum atomic E-state index is 12.9. The highest BCUT2D eigenvalue weighted by atomic mass is 19.4. The minimum atomic E-state index is -4.66. The van der Waals surface area contributed by atoms with Crippen molar-refractivity contribution in [2.24, 2.45) is 5.92 Å². The van der Waals surface area contributed by atoms with Crippen molar-refractivity contribution in [1.29, 1.82) is 5.26 Å². The molecule has 1 saturated carbocycles. The predicted molar refractivity (Wildman–Crippen MR) is 75.8 cm³/mol. The van der Waals surface area contributed by atoms with Gasteiger partial charge in [-0.2, -0.15) is 18.4 Å². The number of piperidine rings is 1. The standard InChI is InChI=1S/C16H12F3N3O2/c17-16(18,19)12-4-3-11(6-9(12)7-20)22-14(23)13-8-1-2-10(5-8)21(13)15(22)24/h3-4,6,8,10,13H,1-2,5H2. The Morgan fingerprint density at radius 3 is 2.58 bits per heavy atom. The quantitative estimate of drug-likeness (QED) is 0.741. The Morgan fingerprint density at radius 2 is 1.96 bits per heavy atom. The van der Waals surface area contributed by atoms with Crippen LogP contribution in [0.1, 0.15) is 30.4 Å². The summed E-state index contributed by atoms with van der Waals surface area (Å²) in [6.45, 7) is 0. The maximum Gasteiger partial charge on any atom is 0.417 e. The Labute approximate surface area is 135 Å². The number of imide groups is 1. The van der Waals surface area contributed by atoms with Crippen LogP contribution in [0.25, 0.3) is 0 Å². The van der Waals surface area contributed by atoms with Crippen molar-refractivity contribution >= 4 is 17.6 Å². The first kappa shape index (κ1) is 15.0. The third-order valence-corrected chi connectivity index (χ3v) is 5.16. The van der Waals surface area contributed by atoms with Crippen LogP contribution < -0.4 is 4.90 Å². The van der Waals surface area contributed by atoms with E-state index >= 15 is 0 Å². The molecule has 3 aliphatic rings. The Bertz CT molecular complexity index is 771. The van der Waals surface area contributed by atoms with E-state index in [-0.39, 0.29) is 17.6 Å². The van der Waals surface area contributed by atoms with Gasteiger partial charge in [-0.15, -0.1) is 0 Å². The highest BCUT2D eigenvalue weighted by Crippen LogP contribution is 2.47. The minimum Gasteiger partial charge on any atom is -0.309 e. The molecule has 2 aliphatic heterocycles. The average Bonchev–Trinajstić information content (AvgIpc) is 3.20. The zero-order chi connectivity index (χ0) is 17.2. The Hall–Kier alpha value is -2.56. The predicted octanol–water partition coefficient (Wildman–Crippen LogP) is 2.90. The number of fused-ring (bicyclic) bond motifs is 5. The van der Waals surface area contributed by atoms with Gasteiger partial charge in [0.15, 0.2) is 0 Å². The molecule has 2 bridgehead atoms. The van der Waals surface area contributed by atoms with Crippen molar-refractivity contribution in [3.63, 3.8) is 0 Å². The smallest absolute Gasteiger partial charge is 0.309 e. The second-order valence-electron chi connectivity index (χ2n) is 6.37. The van der Waals surface area contributed by atoms with Crippen molar-refractivity contribution in [1.82, 2.24) is 4.90 Å². The zero-order valence-corrected chi connectivity index (χ0v) is 12.4. The number of anilines is 1. The van der Waals surface area contributed by atoms with Crippen LogP contribution in [0, 0.1) is 17.2 Å². The van der Waals surface area contributed by atoms with Crippen LogP contribution in [0.3, 0.4) is 0 Å². The summed E-state index contributed by atoms with van der Waals surface area (Å²) in [7, 11) is 0. The number of hydrogen-bond acceptors (Lipinski definition) is 3. The largest absolute Gasteiger partial charge is 0.417 e. The lowest BCUT2D eigenvalue weighted by molar-refractivity contribution is -0.137. The number of carbonyl (C=O) groups is 2. The molecule has 5 nitrogen and oxygen atoms in total. The van der Waals surface area contributed by atoms with Crippen molar-refractivity contribution < 1.29 is 22.8 Å². The van der Waals surface area contributed by atoms with Gasteiger partial charge < -0.3 is 4.90 Å². The molecule has 8 heteroatoms. The summed E-state index contributed by atoms with van der Waals surface area (Å²) in [5, 5.41) is 8.99. The van der Waals surface area contributed by atoms with Crippen molar-refractivity contribution in [2.45, 2.75) is 37.5 Å². The molecule has 0 aromatic heterocycles. The van der Waals surface area contributed by atoms with E-state index in [1.54, 1.807) is 4.90 Å². The number of amides is 3. The number of carbonyl (C=O) groups excluding carboxylic acids is 2. The van der Waals surface area contributed by atoms with E-state index in [0.29, 0.717) is 0 Å². The molecule has 3 fully saturated rings. The van der Waals surface area contributed by atoms with E-state index in [1.807, 2.05) is 0 Å². The third kappa shape index (κ3) is 1.87. The number of nitriles is 1. The number of nitrogens with zero attached hydrogens (tertiary/aromatic N) is 3. The van der Waals surface area contributed by atoms with Gasteiger partial charge in [-0.25, -0.2) is 9.69 Å². The van der Waals surface area contributed by atoms with Gasteiger partial charge >= 0.3 is 12.2 Å². The summed E-state index contributed by atoms with van der Waals surface area (Å²) in [6, 6.07) is 3.29. The summed E-state index contributed by atoms with van der Waals surface area (Å²) >= 11 is 0. The normalized spacial score (nSPS) is 28.5. The fourth-order valence-corrected chi connectivity index (χ4v) is 4.17. The first-order chi connectivity index (χ1) is 11.3. The van der Waals surface area contributed by atoms with Crippen LogP contribution in [0.15, 0.2) is 18.2 Å². The third-order valence-electron chi connectivity index (χ3n) is 5.16. The van der Waals surface area contributed by atoms with E-state index in [9.17, 15) is 22.8 Å². The minimum absolute atomic E-state index is 0.0170. The summed E-state index contributed by atoms with van der Waals surface area (Å²) in [5.41, 5.74) is -1.66. The number of rotatable bonds is 1. The van der Waals surface area contributed by atoms with Crippen LogP contribution in [0.2, 0.25) is 0 Å². The summed E-state index contributed by atoms with van der Waals surface area (Å²) < 4.78 is 38.7. The summed E-state index contributed by atoms with van der Waals surface area (Å²) in [6.07, 6.45) is -2.12. The van der Waals surface area contributed by atoms with E-state index in [1.165, 1.54) is 6.07 Å². The molecule has 3 amide bonds. The molecule has 124 valence electrons. The Morgan fingerprint density at radius 1 is 1.21 bits per heavy atom. The summed E-state index contributed by atoms with van der Waals surface area (Å²) in [4.78, 5) is 27.7. The molecule has 2 heterocycles. The van der Waals surface area contributed by atoms with E-state index in [4.69, 9.17) is 5.26 Å². The van der Waals surface area contributed by atoms with Gasteiger partial charge in [0.25, 0.3) is 5.91 Å². The SMILES string of the molecule is N#Cc1cc(N2C(=O)C3C4CCC(C4)N3C2=O)ccc1C(F)(F)F. The molecule has 0 spiro atoms. The highest BCUT2D eigenvalue weighted by Gasteiger charge is 2.59. The zero-order valence-electron chi connectivity index (χ0n) is 12.4. The van der Waals surface area contributed by atoms with Crippen molar-refractivity contribution in [3.05, 3.63) is 29.3 Å². The lowest BCUT2D eigenvalue weighted by Crippen LogP contribution is -2.40. The van der Waals surface area contributed by atoms with Gasteiger partial charge in [-0.3, -0.25) is 4.79 Å². The van der Waals surface area contributed by atoms with Gasteiger partial charge in [0.2, 0.25) is 0 Å². The van der Waals surface area contributed by atoms with Crippen LogP contribution in [0.5, 0.6) is 0 Å². The molecule has 3 unspecified atom stereocenters. The lowest BCUT2D eigenvalue weighted by Gasteiger charge is -2.25. The first-order valence-corrected chi connectivity index (χ1v) is 7.60. The Balaban J connectivity index is 1.74. The molecule has 1 aliphatic carbocycles. The van der Waals surface area contributed by atoms with E-state index < -0.39 is 35.3 Å². The Kier molecular flexibility index (Phi) is 2.95. The molecule has 1 aromatic rings. The van der Waals surface area contributed by atoms with Gasteiger partial charge in [0.1, 0.15) is 6.04 Å². The van der Waals surface area contributed by atoms with Gasteiger partial charge in [-0.1, -0.05) is 0 Å². The fraction of sp³-hybridized carbons (Fsp3) is 0.438. The van der Waals surface area contributed by atoms with Gasteiger partial charge in [0, 0.05) is 6.04 Å². The second-order valence-corrected chi connectivity index (χ2v) is 6.37. The highest BCUT2D eigenvalue weighted by molar-refractivity contribution is 6.22. The molecule has 0 radical (unpaired) electrons. The molecule has 2 saturated heterocycles. The van der Waals surface area contributed by atoms with Crippen LogP contribution in [0.4, 0.5) is 23.7 Å². The summed E-state index contributed by atoms with van der Waals surface area (Å²) in [5.74, 6) is -0.280. The second kappa shape index (κ2) is 4.72. The number of halogens is 3. The molecule has 3 atom stereocenters. The van der Waals surface area contributed by atoms with Crippen LogP contribution in [-0.4, -0.2) is 28.9 Å². The van der Waals surface area contributed by atoms with E-state index in [0.717, 1.165) is 42.4 Å².